The van der Waals surface area contributed by atoms with Gasteiger partial charge in [-0.2, -0.15) is 0 Å². The fourth-order valence-electron chi connectivity index (χ4n) is 1.63. The van der Waals surface area contributed by atoms with E-state index < -0.39 is 47.2 Å². The summed E-state index contributed by atoms with van der Waals surface area (Å²) in [5.74, 6) is -6.37. The van der Waals surface area contributed by atoms with Crippen molar-refractivity contribution in [3.8, 4) is 5.75 Å². The Kier molecular flexibility index (Phi) is 4.11. The van der Waals surface area contributed by atoms with E-state index in [9.17, 15) is 22.4 Å². The van der Waals surface area contributed by atoms with E-state index in [-0.39, 0.29) is 5.56 Å². The van der Waals surface area contributed by atoms with Crippen molar-refractivity contribution in [1.29, 1.82) is 0 Å². The van der Waals surface area contributed by atoms with Gasteiger partial charge in [0.05, 0.1) is 5.56 Å². The second kappa shape index (κ2) is 5.82. The van der Waals surface area contributed by atoms with Crippen LogP contribution in [0.15, 0.2) is 30.3 Å². The van der Waals surface area contributed by atoms with E-state index in [4.69, 9.17) is 9.84 Å². The van der Waals surface area contributed by atoms with Crippen LogP contribution in [0.5, 0.6) is 5.75 Å². The largest absolute Gasteiger partial charge is 0.483 e. The first kappa shape index (κ1) is 14.8. The summed E-state index contributed by atoms with van der Waals surface area (Å²) < 4.78 is 58.2. The number of rotatable bonds is 4. The molecule has 0 aromatic heterocycles. The molecular weight excluding hydrogens is 292 g/mol. The molecule has 1 N–H and O–H groups in total. The minimum atomic E-state index is -1.50. The normalized spacial score (nSPS) is 10.5. The molecule has 7 heteroatoms. The van der Waals surface area contributed by atoms with Gasteiger partial charge in [-0.25, -0.2) is 22.4 Å². The summed E-state index contributed by atoms with van der Waals surface area (Å²) in [4.78, 5) is 10.6. The van der Waals surface area contributed by atoms with Gasteiger partial charge in [0.25, 0.3) is 0 Å². The fraction of sp³-hybridized carbons (Fsp3) is 0.0714. The molecule has 21 heavy (non-hydrogen) atoms. The van der Waals surface area contributed by atoms with Crippen molar-refractivity contribution >= 4 is 5.97 Å². The van der Waals surface area contributed by atoms with Gasteiger partial charge in [-0.1, -0.05) is 0 Å². The maximum atomic E-state index is 13.6. The number of carbonyl (C=O) groups is 1. The van der Waals surface area contributed by atoms with Crippen LogP contribution in [0.4, 0.5) is 17.6 Å². The molecule has 2 aromatic rings. The second-order valence-corrected chi connectivity index (χ2v) is 4.10. The van der Waals surface area contributed by atoms with E-state index in [0.717, 1.165) is 18.2 Å². The summed E-state index contributed by atoms with van der Waals surface area (Å²) in [7, 11) is 0. The zero-order valence-corrected chi connectivity index (χ0v) is 10.4. The zero-order valence-electron chi connectivity index (χ0n) is 10.4. The van der Waals surface area contributed by atoms with E-state index in [1.807, 2.05) is 0 Å². The predicted octanol–water partition coefficient (Wildman–Crippen LogP) is 3.52. The molecule has 0 spiro atoms. The van der Waals surface area contributed by atoms with Crippen LogP contribution in [0.25, 0.3) is 0 Å². The Bertz CT molecular complexity index is 678. The van der Waals surface area contributed by atoms with Gasteiger partial charge in [0.1, 0.15) is 18.2 Å². The van der Waals surface area contributed by atoms with Crippen molar-refractivity contribution in [1.82, 2.24) is 0 Å². The molecule has 0 radical (unpaired) electrons. The Balaban J connectivity index is 2.24. The van der Waals surface area contributed by atoms with Crippen LogP contribution in [0.3, 0.4) is 0 Å². The van der Waals surface area contributed by atoms with E-state index in [2.05, 4.69) is 0 Å². The summed E-state index contributed by atoms with van der Waals surface area (Å²) in [5.41, 5.74) is -0.814. The number of aromatic carboxylic acids is 1. The van der Waals surface area contributed by atoms with Crippen molar-refractivity contribution < 1.29 is 32.2 Å². The lowest BCUT2D eigenvalue weighted by Gasteiger charge is -2.10. The van der Waals surface area contributed by atoms with Gasteiger partial charge >= 0.3 is 5.97 Å². The van der Waals surface area contributed by atoms with Crippen LogP contribution >= 0.6 is 0 Å². The molecule has 2 rings (SSSR count). The first-order valence-corrected chi connectivity index (χ1v) is 5.67. The van der Waals surface area contributed by atoms with Gasteiger partial charge in [-0.05, 0) is 30.3 Å². The SMILES string of the molecule is O=C(O)c1cc(F)c(OCc2cc(F)ccc2F)c(F)c1. The molecule has 0 unspecified atom stereocenters. The number of halogens is 4. The molecule has 0 bridgehead atoms. The lowest BCUT2D eigenvalue weighted by Crippen LogP contribution is -2.05. The fourth-order valence-corrected chi connectivity index (χ4v) is 1.63. The second-order valence-electron chi connectivity index (χ2n) is 4.10. The van der Waals surface area contributed by atoms with Crippen molar-refractivity contribution in [2.75, 3.05) is 0 Å². The van der Waals surface area contributed by atoms with Crippen molar-refractivity contribution in [3.63, 3.8) is 0 Å². The van der Waals surface area contributed by atoms with Crippen LogP contribution in [-0.2, 0) is 6.61 Å². The first-order chi connectivity index (χ1) is 9.88. The Morgan fingerprint density at radius 3 is 2.19 bits per heavy atom. The van der Waals surface area contributed by atoms with Gasteiger partial charge in [0.2, 0.25) is 0 Å². The molecule has 0 aliphatic heterocycles. The smallest absolute Gasteiger partial charge is 0.335 e. The van der Waals surface area contributed by atoms with Crippen LogP contribution in [0.1, 0.15) is 15.9 Å². The summed E-state index contributed by atoms with van der Waals surface area (Å²) in [5, 5.41) is 8.63. The summed E-state index contributed by atoms with van der Waals surface area (Å²) in [6, 6.07) is 3.72. The molecule has 0 fully saturated rings. The predicted molar refractivity (Wildman–Crippen MR) is 64.0 cm³/mol. The maximum Gasteiger partial charge on any atom is 0.335 e. The van der Waals surface area contributed by atoms with E-state index in [1.165, 1.54) is 0 Å². The highest BCUT2D eigenvalue weighted by Crippen LogP contribution is 2.25. The minimum absolute atomic E-state index is 0.226. The third-order valence-electron chi connectivity index (χ3n) is 2.63. The topological polar surface area (TPSA) is 46.5 Å². The van der Waals surface area contributed by atoms with Crippen LogP contribution in [-0.4, -0.2) is 11.1 Å². The molecule has 0 saturated heterocycles. The molecule has 2 aromatic carbocycles. The molecule has 110 valence electrons. The van der Waals surface area contributed by atoms with E-state index >= 15 is 0 Å². The molecule has 3 nitrogen and oxygen atoms in total. The third kappa shape index (κ3) is 3.31. The summed E-state index contributed by atoms with van der Waals surface area (Å²) in [6.07, 6.45) is 0. The van der Waals surface area contributed by atoms with Crippen LogP contribution in [0.2, 0.25) is 0 Å². The van der Waals surface area contributed by atoms with Crippen molar-refractivity contribution in [2.24, 2.45) is 0 Å². The molecule has 0 saturated carbocycles. The van der Waals surface area contributed by atoms with Gasteiger partial charge in [0.15, 0.2) is 17.4 Å². The highest BCUT2D eigenvalue weighted by atomic mass is 19.1. The lowest BCUT2D eigenvalue weighted by molar-refractivity contribution is 0.0695. The maximum absolute atomic E-state index is 13.6. The Morgan fingerprint density at radius 1 is 1.00 bits per heavy atom. The zero-order chi connectivity index (χ0) is 15.6. The van der Waals surface area contributed by atoms with Gasteiger partial charge in [-0.15, -0.1) is 0 Å². The number of carboxylic acids is 1. The minimum Gasteiger partial charge on any atom is -0.483 e. The quantitative estimate of drug-likeness (QED) is 0.879. The average Bonchev–Trinajstić information content (AvgIpc) is 2.41. The standard InChI is InChI=1S/C14H8F4O3/c15-9-1-2-10(16)8(3-9)6-21-13-11(17)4-7(14(19)20)5-12(13)18/h1-5H,6H2,(H,19,20). The van der Waals surface area contributed by atoms with Crippen molar-refractivity contribution in [3.05, 3.63) is 64.7 Å². The Labute approximate surface area is 116 Å². The van der Waals surface area contributed by atoms with Gasteiger partial charge in [0, 0.05) is 5.56 Å². The van der Waals surface area contributed by atoms with E-state index in [0.29, 0.717) is 12.1 Å². The van der Waals surface area contributed by atoms with Gasteiger partial charge < -0.3 is 9.84 Å². The molecular formula is C14H8F4O3. The molecule has 0 amide bonds. The summed E-state index contributed by atoms with van der Waals surface area (Å²) >= 11 is 0. The number of ether oxygens (including phenoxy) is 1. The van der Waals surface area contributed by atoms with E-state index in [1.54, 1.807) is 0 Å². The van der Waals surface area contributed by atoms with Crippen LogP contribution in [0, 0.1) is 23.3 Å². The summed E-state index contributed by atoms with van der Waals surface area (Å²) in [6.45, 7) is -0.607. The van der Waals surface area contributed by atoms with Crippen LogP contribution < -0.4 is 4.74 Å². The molecule has 0 aliphatic rings. The number of carboxylic acid groups (broad SMARTS) is 1. The average molecular weight is 300 g/mol. The first-order valence-electron chi connectivity index (χ1n) is 5.67. The number of benzene rings is 2. The highest BCUT2D eigenvalue weighted by Gasteiger charge is 2.16. The highest BCUT2D eigenvalue weighted by molar-refractivity contribution is 5.87. The van der Waals surface area contributed by atoms with Gasteiger partial charge in [-0.3, -0.25) is 0 Å². The molecule has 0 aliphatic carbocycles. The lowest BCUT2D eigenvalue weighted by atomic mass is 10.2. The molecule has 0 heterocycles. The Hall–Kier alpha value is -2.57. The third-order valence-corrected chi connectivity index (χ3v) is 2.63. The molecule has 0 atom stereocenters. The van der Waals surface area contributed by atoms with Crippen molar-refractivity contribution in [2.45, 2.75) is 6.61 Å². The Morgan fingerprint density at radius 2 is 1.62 bits per heavy atom. The number of hydrogen-bond acceptors (Lipinski definition) is 2. The monoisotopic (exact) mass is 300 g/mol. The number of hydrogen-bond donors (Lipinski definition) is 1.